The number of ether oxygens (including phenoxy) is 1. The van der Waals surface area contributed by atoms with E-state index in [-0.39, 0.29) is 30.6 Å². The summed E-state index contributed by atoms with van der Waals surface area (Å²) >= 11 is 0. The molecule has 2 N–H and O–H groups in total. The monoisotopic (exact) mass is 374 g/mol. The molecule has 0 atom stereocenters. The molecule has 1 aromatic carbocycles. The van der Waals surface area contributed by atoms with E-state index in [2.05, 4.69) is 10.6 Å². The van der Waals surface area contributed by atoms with Crippen LogP contribution < -0.4 is 10.6 Å². The van der Waals surface area contributed by atoms with Crippen molar-refractivity contribution in [2.45, 2.75) is 57.9 Å². The number of nitrogens with one attached hydrogen (secondary N) is 2. The second-order valence-electron chi connectivity index (χ2n) is 6.74. The summed E-state index contributed by atoms with van der Waals surface area (Å²) in [4.78, 5) is 46.6. The Hall–Kier alpha value is -2.70. The van der Waals surface area contributed by atoms with E-state index < -0.39 is 18.5 Å². The van der Waals surface area contributed by atoms with Gasteiger partial charge >= 0.3 is 5.97 Å². The number of amides is 2. The van der Waals surface area contributed by atoms with Gasteiger partial charge in [0.2, 0.25) is 5.91 Å². The third kappa shape index (κ3) is 7.60. The summed E-state index contributed by atoms with van der Waals surface area (Å²) < 4.78 is 4.89. The molecular formula is C20H26N2O5. The number of benzene rings is 1. The van der Waals surface area contributed by atoms with Crippen LogP contribution in [0.25, 0.3) is 0 Å². The van der Waals surface area contributed by atoms with Gasteiger partial charge in [-0.25, -0.2) is 0 Å². The standard InChI is InChI=1S/C20H26N2O5/c1-14(23)15-7-9-17(10-8-15)22-19(25)13-27-20(26)12-11-18(24)21-16-5-3-2-4-6-16/h7-10,16H,2-6,11-13H2,1H3,(H,21,24)(H,22,25). The van der Waals surface area contributed by atoms with Crippen LogP contribution in [0.15, 0.2) is 24.3 Å². The molecule has 7 nitrogen and oxygen atoms in total. The Bertz CT molecular complexity index is 678. The highest BCUT2D eigenvalue weighted by atomic mass is 16.5. The van der Waals surface area contributed by atoms with E-state index in [1.54, 1.807) is 24.3 Å². The molecule has 0 heterocycles. The Labute approximate surface area is 158 Å². The van der Waals surface area contributed by atoms with Crippen molar-refractivity contribution in [3.8, 4) is 0 Å². The second kappa shape index (κ2) is 10.4. The predicted molar refractivity (Wildman–Crippen MR) is 100 cm³/mol. The van der Waals surface area contributed by atoms with Crippen LogP contribution in [0.1, 0.15) is 62.2 Å². The highest BCUT2D eigenvalue weighted by molar-refractivity contribution is 5.96. The van der Waals surface area contributed by atoms with Crippen LogP contribution in [0.4, 0.5) is 5.69 Å². The first kappa shape index (κ1) is 20.6. The van der Waals surface area contributed by atoms with Gasteiger partial charge in [-0.2, -0.15) is 0 Å². The topological polar surface area (TPSA) is 102 Å². The van der Waals surface area contributed by atoms with Gasteiger partial charge < -0.3 is 15.4 Å². The quantitative estimate of drug-likeness (QED) is 0.538. The number of hydrogen-bond donors (Lipinski definition) is 2. The summed E-state index contributed by atoms with van der Waals surface area (Å²) in [5.74, 6) is -1.29. The van der Waals surface area contributed by atoms with Crippen LogP contribution in [-0.4, -0.2) is 36.2 Å². The highest BCUT2D eigenvalue weighted by Gasteiger charge is 2.17. The van der Waals surface area contributed by atoms with E-state index in [0.29, 0.717) is 11.3 Å². The first-order valence-electron chi connectivity index (χ1n) is 9.30. The summed E-state index contributed by atoms with van der Waals surface area (Å²) in [5, 5.41) is 5.51. The maximum absolute atomic E-state index is 11.8. The Morgan fingerprint density at radius 3 is 2.26 bits per heavy atom. The molecule has 146 valence electrons. The highest BCUT2D eigenvalue weighted by Crippen LogP contribution is 2.17. The lowest BCUT2D eigenvalue weighted by Gasteiger charge is -2.22. The fraction of sp³-hybridized carbons (Fsp3) is 0.500. The van der Waals surface area contributed by atoms with Gasteiger partial charge in [-0.15, -0.1) is 0 Å². The number of hydrogen-bond acceptors (Lipinski definition) is 5. The molecule has 0 saturated heterocycles. The van der Waals surface area contributed by atoms with Crippen molar-refractivity contribution in [2.75, 3.05) is 11.9 Å². The molecular weight excluding hydrogens is 348 g/mol. The number of Topliss-reactive ketones (excluding diaryl/α,β-unsaturated/α-hetero) is 1. The van der Waals surface area contributed by atoms with Crippen molar-refractivity contribution >= 4 is 29.3 Å². The number of carbonyl (C=O) groups excluding carboxylic acids is 4. The lowest BCUT2D eigenvalue weighted by Crippen LogP contribution is -2.36. The average molecular weight is 374 g/mol. The van der Waals surface area contributed by atoms with Crippen molar-refractivity contribution in [2.24, 2.45) is 0 Å². The summed E-state index contributed by atoms with van der Waals surface area (Å²) in [5.41, 5.74) is 1.05. The maximum atomic E-state index is 11.8. The van der Waals surface area contributed by atoms with Gasteiger partial charge in [0.1, 0.15) is 0 Å². The maximum Gasteiger partial charge on any atom is 0.306 e. The van der Waals surface area contributed by atoms with Crippen molar-refractivity contribution in [1.29, 1.82) is 0 Å². The molecule has 1 aliphatic rings. The minimum absolute atomic E-state index is 0.0564. The SMILES string of the molecule is CC(=O)c1ccc(NC(=O)COC(=O)CCC(=O)NC2CCCCC2)cc1. The number of esters is 1. The Morgan fingerprint density at radius 2 is 1.63 bits per heavy atom. The number of ketones is 1. The molecule has 1 fully saturated rings. The third-order valence-electron chi connectivity index (χ3n) is 4.47. The summed E-state index contributed by atoms with van der Waals surface area (Å²) in [6.07, 6.45) is 5.44. The molecule has 7 heteroatoms. The molecule has 0 aromatic heterocycles. The predicted octanol–water partition coefficient (Wildman–Crippen LogP) is 2.60. The zero-order valence-electron chi connectivity index (χ0n) is 15.6. The van der Waals surface area contributed by atoms with Crippen molar-refractivity contribution in [3.05, 3.63) is 29.8 Å². The van der Waals surface area contributed by atoms with Gasteiger partial charge in [0, 0.05) is 23.7 Å². The van der Waals surface area contributed by atoms with Gasteiger partial charge in [0.25, 0.3) is 5.91 Å². The van der Waals surface area contributed by atoms with Crippen molar-refractivity contribution in [3.63, 3.8) is 0 Å². The molecule has 1 aromatic rings. The van der Waals surface area contributed by atoms with E-state index in [1.807, 2.05) is 0 Å². The number of rotatable bonds is 8. The molecule has 0 aliphatic heterocycles. The van der Waals surface area contributed by atoms with Crippen LogP contribution >= 0.6 is 0 Å². The summed E-state index contributed by atoms with van der Waals surface area (Å²) in [6.45, 7) is 1.04. The van der Waals surface area contributed by atoms with Gasteiger partial charge in [0.05, 0.1) is 6.42 Å². The molecule has 0 spiro atoms. The molecule has 0 bridgehead atoms. The van der Waals surface area contributed by atoms with E-state index in [1.165, 1.54) is 13.3 Å². The third-order valence-corrected chi connectivity index (χ3v) is 4.47. The second-order valence-corrected chi connectivity index (χ2v) is 6.74. The smallest absolute Gasteiger partial charge is 0.306 e. The minimum Gasteiger partial charge on any atom is -0.456 e. The van der Waals surface area contributed by atoms with Crippen molar-refractivity contribution < 1.29 is 23.9 Å². The first-order chi connectivity index (χ1) is 12.9. The van der Waals surface area contributed by atoms with E-state index >= 15 is 0 Å². The molecule has 2 amide bonds. The van der Waals surface area contributed by atoms with Crippen LogP contribution in [0.5, 0.6) is 0 Å². The van der Waals surface area contributed by atoms with Crippen LogP contribution in [0.2, 0.25) is 0 Å². The number of carbonyl (C=O) groups is 4. The fourth-order valence-electron chi connectivity index (χ4n) is 2.97. The molecule has 0 radical (unpaired) electrons. The van der Waals surface area contributed by atoms with E-state index in [9.17, 15) is 19.2 Å². The van der Waals surface area contributed by atoms with Crippen LogP contribution in [-0.2, 0) is 19.1 Å². The largest absolute Gasteiger partial charge is 0.456 e. The number of anilines is 1. The molecule has 0 unspecified atom stereocenters. The Morgan fingerprint density at radius 1 is 0.963 bits per heavy atom. The zero-order chi connectivity index (χ0) is 19.6. The van der Waals surface area contributed by atoms with E-state index in [4.69, 9.17) is 4.74 Å². The normalized spacial score (nSPS) is 14.3. The van der Waals surface area contributed by atoms with Crippen LogP contribution in [0, 0.1) is 0 Å². The van der Waals surface area contributed by atoms with Crippen LogP contribution in [0.3, 0.4) is 0 Å². The summed E-state index contributed by atoms with van der Waals surface area (Å²) in [6, 6.07) is 6.63. The van der Waals surface area contributed by atoms with Gasteiger partial charge in [-0.05, 0) is 44.0 Å². The van der Waals surface area contributed by atoms with E-state index in [0.717, 1.165) is 25.7 Å². The first-order valence-corrected chi connectivity index (χ1v) is 9.30. The minimum atomic E-state index is -0.587. The van der Waals surface area contributed by atoms with Crippen molar-refractivity contribution in [1.82, 2.24) is 5.32 Å². The Balaban J connectivity index is 1.63. The average Bonchev–Trinajstić information content (AvgIpc) is 2.66. The molecule has 1 saturated carbocycles. The fourth-order valence-corrected chi connectivity index (χ4v) is 2.97. The molecule has 1 aliphatic carbocycles. The Kier molecular flexibility index (Phi) is 7.98. The lowest BCUT2D eigenvalue weighted by atomic mass is 9.95. The zero-order valence-corrected chi connectivity index (χ0v) is 15.6. The van der Waals surface area contributed by atoms with Gasteiger partial charge in [-0.1, -0.05) is 19.3 Å². The van der Waals surface area contributed by atoms with Gasteiger partial charge in [0.15, 0.2) is 12.4 Å². The van der Waals surface area contributed by atoms with Gasteiger partial charge in [-0.3, -0.25) is 19.2 Å². The molecule has 27 heavy (non-hydrogen) atoms. The summed E-state index contributed by atoms with van der Waals surface area (Å²) in [7, 11) is 0. The lowest BCUT2D eigenvalue weighted by molar-refractivity contribution is -0.148. The molecule has 2 rings (SSSR count).